The molecule has 7 heteroatoms. The third-order valence-corrected chi connectivity index (χ3v) is 5.30. The molecule has 0 atom stereocenters. The highest BCUT2D eigenvalue weighted by Crippen LogP contribution is 2.30. The third-order valence-electron chi connectivity index (χ3n) is 4.74. The number of nitrogens with one attached hydrogen (secondary N) is 1. The van der Waals surface area contributed by atoms with E-state index in [4.69, 9.17) is 32.7 Å². The standard InChI is InChI=1S/C24H30Cl2N2O3/c1-16(2)28(17(3)4)12-13-31-23-15-20(9-10-22(23)30-5)27-24(29)11-7-18-6-8-19(25)14-21(18)26/h6-11,14-17H,12-13H2,1-5H3,(H,27,29)/b11-7+. The number of rotatable bonds is 10. The SMILES string of the molecule is COc1ccc(NC(=O)/C=C/c2ccc(Cl)cc2Cl)cc1OCCN(C(C)C)C(C)C. The lowest BCUT2D eigenvalue weighted by Crippen LogP contribution is -2.39. The lowest BCUT2D eigenvalue weighted by molar-refractivity contribution is -0.111. The number of nitrogens with zero attached hydrogens (tertiary/aromatic N) is 1. The summed E-state index contributed by atoms with van der Waals surface area (Å²) in [6.07, 6.45) is 3.06. The Morgan fingerprint density at radius 3 is 2.39 bits per heavy atom. The first-order valence-electron chi connectivity index (χ1n) is 10.2. The summed E-state index contributed by atoms with van der Waals surface area (Å²) in [5.41, 5.74) is 1.32. The van der Waals surface area contributed by atoms with Crippen molar-refractivity contribution in [3.63, 3.8) is 0 Å². The average molecular weight is 465 g/mol. The van der Waals surface area contributed by atoms with Crippen molar-refractivity contribution in [1.29, 1.82) is 0 Å². The topological polar surface area (TPSA) is 50.8 Å². The predicted octanol–water partition coefficient (Wildman–Crippen LogP) is 6.15. The van der Waals surface area contributed by atoms with Gasteiger partial charge in [-0.3, -0.25) is 9.69 Å². The van der Waals surface area contributed by atoms with E-state index in [0.717, 1.165) is 6.54 Å². The molecular formula is C24H30Cl2N2O3. The lowest BCUT2D eigenvalue weighted by atomic mass is 10.2. The quantitative estimate of drug-likeness (QED) is 0.428. The number of methoxy groups -OCH3 is 1. The van der Waals surface area contributed by atoms with Gasteiger partial charge in [-0.1, -0.05) is 29.3 Å². The zero-order chi connectivity index (χ0) is 23.0. The maximum absolute atomic E-state index is 12.3. The number of ether oxygens (including phenoxy) is 2. The minimum Gasteiger partial charge on any atom is -0.493 e. The van der Waals surface area contributed by atoms with Crippen molar-refractivity contribution < 1.29 is 14.3 Å². The summed E-state index contributed by atoms with van der Waals surface area (Å²) in [5, 5.41) is 3.85. The molecule has 5 nitrogen and oxygen atoms in total. The Labute approximate surface area is 194 Å². The van der Waals surface area contributed by atoms with E-state index in [2.05, 4.69) is 37.9 Å². The van der Waals surface area contributed by atoms with Crippen molar-refractivity contribution in [3.05, 3.63) is 58.1 Å². The van der Waals surface area contributed by atoms with Crippen LogP contribution < -0.4 is 14.8 Å². The monoisotopic (exact) mass is 464 g/mol. The summed E-state index contributed by atoms with van der Waals surface area (Å²) in [7, 11) is 1.59. The number of anilines is 1. The van der Waals surface area contributed by atoms with Gasteiger partial charge >= 0.3 is 0 Å². The van der Waals surface area contributed by atoms with Gasteiger partial charge in [0.15, 0.2) is 11.5 Å². The van der Waals surface area contributed by atoms with E-state index in [0.29, 0.717) is 51.5 Å². The van der Waals surface area contributed by atoms with Crippen LogP contribution in [0.25, 0.3) is 6.08 Å². The van der Waals surface area contributed by atoms with E-state index in [1.807, 2.05) is 0 Å². The van der Waals surface area contributed by atoms with Crippen molar-refractivity contribution >= 4 is 40.9 Å². The molecule has 168 valence electrons. The van der Waals surface area contributed by atoms with E-state index in [-0.39, 0.29) is 5.91 Å². The molecule has 0 aromatic heterocycles. The van der Waals surface area contributed by atoms with E-state index in [1.54, 1.807) is 49.6 Å². The third kappa shape index (κ3) is 7.76. The van der Waals surface area contributed by atoms with Crippen molar-refractivity contribution in [3.8, 4) is 11.5 Å². The van der Waals surface area contributed by atoms with Gasteiger partial charge in [-0.05, 0) is 63.6 Å². The van der Waals surface area contributed by atoms with Crippen molar-refractivity contribution in [1.82, 2.24) is 4.90 Å². The molecule has 0 aliphatic rings. The Morgan fingerprint density at radius 1 is 1.06 bits per heavy atom. The highest BCUT2D eigenvalue weighted by molar-refractivity contribution is 6.35. The van der Waals surface area contributed by atoms with Gasteiger partial charge in [0.05, 0.1) is 7.11 Å². The number of carbonyl (C=O) groups is 1. The molecule has 0 radical (unpaired) electrons. The Bertz CT molecular complexity index is 906. The number of halogens is 2. The smallest absolute Gasteiger partial charge is 0.248 e. The number of benzene rings is 2. The Balaban J connectivity index is 2.03. The maximum Gasteiger partial charge on any atom is 0.248 e. The summed E-state index contributed by atoms with van der Waals surface area (Å²) in [4.78, 5) is 14.7. The molecule has 2 aromatic carbocycles. The second-order valence-electron chi connectivity index (χ2n) is 7.63. The second kappa shape index (κ2) is 12.0. The minimum absolute atomic E-state index is 0.284. The fourth-order valence-corrected chi connectivity index (χ4v) is 3.70. The molecule has 0 saturated carbocycles. The van der Waals surface area contributed by atoms with Crippen molar-refractivity contribution in [2.24, 2.45) is 0 Å². The number of hydrogen-bond donors (Lipinski definition) is 1. The van der Waals surface area contributed by atoms with Crippen LogP contribution >= 0.6 is 23.2 Å². The molecule has 0 unspecified atom stereocenters. The molecule has 0 heterocycles. The second-order valence-corrected chi connectivity index (χ2v) is 8.47. The number of hydrogen-bond acceptors (Lipinski definition) is 4. The van der Waals surface area contributed by atoms with E-state index in [1.165, 1.54) is 6.08 Å². The highest BCUT2D eigenvalue weighted by atomic mass is 35.5. The van der Waals surface area contributed by atoms with Gasteiger partial charge in [-0.25, -0.2) is 0 Å². The molecule has 0 aliphatic heterocycles. The highest BCUT2D eigenvalue weighted by Gasteiger charge is 2.14. The molecule has 2 rings (SSSR count). The molecule has 31 heavy (non-hydrogen) atoms. The normalized spacial score (nSPS) is 11.5. The van der Waals surface area contributed by atoms with Crippen LogP contribution in [-0.4, -0.2) is 43.2 Å². The minimum atomic E-state index is -0.284. The van der Waals surface area contributed by atoms with Crippen LogP contribution in [0.3, 0.4) is 0 Å². The molecule has 0 aliphatic carbocycles. The lowest BCUT2D eigenvalue weighted by Gasteiger charge is -2.30. The summed E-state index contributed by atoms with van der Waals surface area (Å²) in [5.74, 6) is 0.910. The molecule has 1 N–H and O–H groups in total. The van der Waals surface area contributed by atoms with Crippen LogP contribution in [0.4, 0.5) is 5.69 Å². The number of amides is 1. The summed E-state index contributed by atoms with van der Waals surface area (Å²) >= 11 is 12.0. The maximum atomic E-state index is 12.3. The molecule has 1 amide bonds. The predicted molar refractivity (Wildman–Crippen MR) is 130 cm³/mol. The Morgan fingerprint density at radius 2 is 1.77 bits per heavy atom. The van der Waals surface area contributed by atoms with Gasteiger partial charge in [0.2, 0.25) is 5.91 Å². The van der Waals surface area contributed by atoms with Crippen LogP contribution in [0.5, 0.6) is 11.5 Å². The van der Waals surface area contributed by atoms with Gasteiger partial charge in [-0.2, -0.15) is 0 Å². The van der Waals surface area contributed by atoms with Crippen LogP contribution in [0, 0.1) is 0 Å². The molecule has 0 bridgehead atoms. The molecular weight excluding hydrogens is 435 g/mol. The fourth-order valence-electron chi connectivity index (χ4n) is 3.23. The first-order chi connectivity index (χ1) is 14.7. The van der Waals surface area contributed by atoms with Crippen molar-refractivity contribution in [2.75, 3.05) is 25.6 Å². The van der Waals surface area contributed by atoms with Crippen LogP contribution in [-0.2, 0) is 4.79 Å². The first-order valence-corrected chi connectivity index (χ1v) is 11.0. The van der Waals surface area contributed by atoms with Crippen molar-refractivity contribution in [2.45, 2.75) is 39.8 Å². The summed E-state index contributed by atoms with van der Waals surface area (Å²) in [6, 6.07) is 11.3. The van der Waals surface area contributed by atoms with Gasteiger partial charge in [0.1, 0.15) is 6.61 Å². The first kappa shape index (κ1) is 25.1. The van der Waals surface area contributed by atoms with E-state index >= 15 is 0 Å². The van der Waals surface area contributed by atoms with Gasteiger partial charge < -0.3 is 14.8 Å². The van der Waals surface area contributed by atoms with Gasteiger partial charge in [0, 0.05) is 46.5 Å². The number of carbonyl (C=O) groups excluding carboxylic acids is 1. The zero-order valence-corrected chi connectivity index (χ0v) is 20.1. The summed E-state index contributed by atoms with van der Waals surface area (Å²) in [6.45, 7) is 9.98. The van der Waals surface area contributed by atoms with E-state index in [9.17, 15) is 4.79 Å². The fraction of sp³-hybridized carbons (Fsp3) is 0.375. The zero-order valence-electron chi connectivity index (χ0n) is 18.6. The molecule has 0 spiro atoms. The largest absolute Gasteiger partial charge is 0.493 e. The van der Waals surface area contributed by atoms with Crippen LogP contribution in [0.15, 0.2) is 42.5 Å². The van der Waals surface area contributed by atoms with Gasteiger partial charge in [-0.15, -0.1) is 0 Å². The Kier molecular flexibility index (Phi) is 9.69. The molecule has 2 aromatic rings. The van der Waals surface area contributed by atoms with Gasteiger partial charge in [0.25, 0.3) is 0 Å². The molecule has 0 saturated heterocycles. The van der Waals surface area contributed by atoms with Crippen LogP contribution in [0.2, 0.25) is 10.0 Å². The van der Waals surface area contributed by atoms with Crippen LogP contribution in [0.1, 0.15) is 33.3 Å². The summed E-state index contributed by atoms with van der Waals surface area (Å²) < 4.78 is 11.4. The average Bonchev–Trinajstić information content (AvgIpc) is 2.70. The molecule has 0 fully saturated rings. The Hall–Kier alpha value is -2.21. The van der Waals surface area contributed by atoms with E-state index < -0.39 is 0 Å².